The van der Waals surface area contributed by atoms with Crippen molar-refractivity contribution in [2.24, 2.45) is 0 Å². The van der Waals surface area contributed by atoms with Crippen molar-refractivity contribution < 1.29 is 22.0 Å². The maximum Gasteiger partial charge on any atom is 0.417 e. The molecular weight excluding hydrogens is 434 g/mol. The summed E-state index contributed by atoms with van der Waals surface area (Å²) in [5, 5.41) is 10.6. The Balaban J connectivity index is 1.73. The fourth-order valence-electron chi connectivity index (χ4n) is 2.99. The zero-order chi connectivity index (χ0) is 22.0. The Morgan fingerprint density at radius 1 is 0.903 bits per heavy atom. The van der Waals surface area contributed by atoms with Crippen LogP contribution in [0.3, 0.4) is 0 Å². The second-order valence-corrected chi connectivity index (χ2v) is 7.04. The molecule has 1 heterocycles. The largest absolute Gasteiger partial charge is 0.418 e. The van der Waals surface area contributed by atoms with E-state index in [2.05, 4.69) is 15.5 Å². The van der Waals surface area contributed by atoms with Gasteiger partial charge in [0.05, 0.1) is 10.6 Å². The van der Waals surface area contributed by atoms with Crippen molar-refractivity contribution in [2.75, 3.05) is 5.32 Å². The summed E-state index contributed by atoms with van der Waals surface area (Å²) in [7, 11) is 0. The lowest BCUT2D eigenvalue weighted by Crippen LogP contribution is -2.14. The van der Waals surface area contributed by atoms with Crippen molar-refractivity contribution in [3.63, 3.8) is 0 Å². The minimum atomic E-state index is -4.62. The van der Waals surface area contributed by atoms with E-state index >= 15 is 0 Å². The fraction of sp³-hybridized carbons (Fsp3) is 0.0909. The average Bonchev–Trinajstić information content (AvgIpc) is 3.24. The highest BCUT2D eigenvalue weighted by molar-refractivity contribution is 6.31. The lowest BCUT2D eigenvalue weighted by molar-refractivity contribution is -0.137. The number of benzene rings is 3. The Hall–Kier alpha value is -3.39. The van der Waals surface area contributed by atoms with Gasteiger partial charge in [-0.3, -0.25) is 0 Å². The van der Waals surface area contributed by atoms with Crippen LogP contribution in [0, 0.1) is 5.82 Å². The van der Waals surface area contributed by atoms with E-state index in [-0.39, 0.29) is 17.5 Å². The molecule has 0 bridgehead atoms. The third kappa shape index (κ3) is 4.69. The van der Waals surface area contributed by atoms with Gasteiger partial charge in [-0.2, -0.15) is 13.2 Å². The van der Waals surface area contributed by atoms with Gasteiger partial charge in [0.2, 0.25) is 11.8 Å². The van der Waals surface area contributed by atoms with Crippen molar-refractivity contribution in [1.82, 2.24) is 10.2 Å². The van der Waals surface area contributed by atoms with Crippen molar-refractivity contribution in [3.8, 4) is 11.5 Å². The second-order valence-electron chi connectivity index (χ2n) is 6.63. The molecule has 9 heteroatoms. The molecule has 0 radical (unpaired) electrons. The molecule has 0 aliphatic heterocycles. The molecular formula is C22H14ClF4N3O. The second kappa shape index (κ2) is 8.39. The third-order valence-corrected chi connectivity index (χ3v) is 4.82. The molecule has 4 rings (SSSR count). The van der Waals surface area contributed by atoms with E-state index in [9.17, 15) is 17.6 Å². The monoisotopic (exact) mass is 447 g/mol. The number of hydrogen-bond acceptors (Lipinski definition) is 4. The van der Waals surface area contributed by atoms with Crippen molar-refractivity contribution in [2.45, 2.75) is 12.2 Å². The number of halogens is 5. The van der Waals surface area contributed by atoms with Crippen LogP contribution in [-0.2, 0) is 6.18 Å². The van der Waals surface area contributed by atoms with Crippen LogP contribution in [0.15, 0.2) is 77.2 Å². The minimum Gasteiger partial charge on any atom is -0.418 e. The first-order chi connectivity index (χ1) is 14.8. The SMILES string of the molecule is Fc1ccc([C@@H](Nc2ccc(Cl)c(C(F)(F)F)c2)c2nnc(-c3ccccc3)o2)cc1. The highest BCUT2D eigenvalue weighted by atomic mass is 35.5. The fourth-order valence-corrected chi connectivity index (χ4v) is 3.22. The van der Waals surface area contributed by atoms with Crippen LogP contribution in [0.2, 0.25) is 5.02 Å². The summed E-state index contributed by atoms with van der Waals surface area (Å²) in [5.41, 5.74) is 0.358. The van der Waals surface area contributed by atoms with Crippen LogP contribution < -0.4 is 5.32 Å². The first-order valence-corrected chi connectivity index (χ1v) is 9.46. The van der Waals surface area contributed by atoms with Gasteiger partial charge in [-0.25, -0.2) is 4.39 Å². The number of aromatic nitrogens is 2. The Morgan fingerprint density at radius 2 is 1.61 bits per heavy atom. The quantitative estimate of drug-likeness (QED) is 0.344. The van der Waals surface area contributed by atoms with Gasteiger partial charge in [0.25, 0.3) is 0 Å². The predicted octanol–water partition coefficient (Wildman–Crippen LogP) is 6.75. The van der Waals surface area contributed by atoms with Crippen molar-refractivity contribution >= 4 is 17.3 Å². The summed E-state index contributed by atoms with van der Waals surface area (Å²) in [6, 6.07) is 17.1. The van der Waals surface area contributed by atoms with Gasteiger partial charge in [-0.05, 0) is 48.0 Å². The molecule has 0 saturated carbocycles. The molecule has 0 fully saturated rings. The maximum absolute atomic E-state index is 13.4. The number of hydrogen-bond donors (Lipinski definition) is 1. The molecule has 0 spiro atoms. The molecule has 1 atom stereocenters. The molecule has 0 aliphatic rings. The Labute approximate surface area is 179 Å². The van der Waals surface area contributed by atoms with E-state index in [0.29, 0.717) is 11.1 Å². The standard InChI is InChI=1S/C22H14ClF4N3O/c23-18-11-10-16(12-17(18)22(25,26)27)28-19(13-6-8-15(24)9-7-13)21-30-29-20(31-21)14-4-2-1-3-5-14/h1-12,19,28H/t19-/m1/s1. The number of nitrogens with zero attached hydrogens (tertiary/aromatic N) is 2. The average molecular weight is 448 g/mol. The Bertz CT molecular complexity index is 1180. The number of anilines is 1. The lowest BCUT2D eigenvalue weighted by Gasteiger charge is -2.18. The van der Waals surface area contributed by atoms with Crippen molar-refractivity contribution in [3.05, 3.63) is 101 Å². The van der Waals surface area contributed by atoms with Gasteiger partial charge < -0.3 is 9.73 Å². The summed E-state index contributed by atoms with van der Waals surface area (Å²) in [4.78, 5) is 0. The summed E-state index contributed by atoms with van der Waals surface area (Å²) >= 11 is 5.71. The molecule has 0 aliphatic carbocycles. The highest BCUT2D eigenvalue weighted by Crippen LogP contribution is 2.37. The summed E-state index contributed by atoms with van der Waals surface area (Å²) in [6.45, 7) is 0. The molecule has 1 N–H and O–H groups in total. The van der Waals surface area contributed by atoms with Gasteiger partial charge in [0.15, 0.2) is 0 Å². The first kappa shape index (κ1) is 20.9. The maximum atomic E-state index is 13.4. The zero-order valence-electron chi connectivity index (χ0n) is 15.7. The minimum absolute atomic E-state index is 0.106. The van der Waals surface area contributed by atoms with E-state index < -0.39 is 28.6 Å². The van der Waals surface area contributed by atoms with Crippen LogP contribution in [-0.4, -0.2) is 10.2 Å². The number of nitrogens with one attached hydrogen (secondary N) is 1. The van der Waals surface area contributed by atoms with E-state index in [1.54, 1.807) is 24.3 Å². The summed E-state index contributed by atoms with van der Waals surface area (Å²) in [5.74, 6) is -0.102. The lowest BCUT2D eigenvalue weighted by atomic mass is 10.1. The highest BCUT2D eigenvalue weighted by Gasteiger charge is 2.33. The smallest absolute Gasteiger partial charge is 0.417 e. The Kier molecular flexibility index (Phi) is 5.65. The molecule has 0 saturated heterocycles. The topological polar surface area (TPSA) is 51.0 Å². The first-order valence-electron chi connectivity index (χ1n) is 9.09. The van der Waals surface area contributed by atoms with Crippen molar-refractivity contribution in [1.29, 1.82) is 0 Å². The molecule has 4 aromatic rings. The number of alkyl halides is 3. The van der Waals surface area contributed by atoms with Gasteiger partial charge in [-0.15, -0.1) is 10.2 Å². The van der Waals surface area contributed by atoms with Crippen LogP contribution in [0.1, 0.15) is 23.1 Å². The molecule has 0 amide bonds. The van der Waals surface area contributed by atoms with Crippen LogP contribution >= 0.6 is 11.6 Å². The molecule has 31 heavy (non-hydrogen) atoms. The van der Waals surface area contributed by atoms with E-state index in [0.717, 1.165) is 12.1 Å². The Morgan fingerprint density at radius 3 is 2.29 bits per heavy atom. The van der Waals surface area contributed by atoms with Crippen LogP contribution in [0.5, 0.6) is 0 Å². The van der Waals surface area contributed by atoms with Gasteiger partial charge >= 0.3 is 6.18 Å². The zero-order valence-corrected chi connectivity index (χ0v) is 16.5. The van der Waals surface area contributed by atoms with Gasteiger partial charge in [-0.1, -0.05) is 41.9 Å². The third-order valence-electron chi connectivity index (χ3n) is 4.49. The van der Waals surface area contributed by atoms with E-state index in [1.165, 1.54) is 30.3 Å². The summed E-state index contributed by atoms with van der Waals surface area (Å²) in [6.07, 6.45) is -4.62. The molecule has 1 aromatic heterocycles. The molecule has 158 valence electrons. The number of rotatable bonds is 5. The van der Waals surface area contributed by atoms with E-state index in [1.807, 2.05) is 6.07 Å². The molecule has 4 nitrogen and oxygen atoms in total. The van der Waals surface area contributed by atoms with Crippen LogP contribution in [0.25, 0.3) is 11.5 Å². The predicted molar refractivity (Wildman–Crippen MR) is 108 cm³/mol. The van der Waals surface area contributed by atoms with Crippen LogP contribution in [0.4, 0.5) is 23.2 Å². The molecule has 3 aromatic carbocycles. The van der Waals surface area contributed by atoms with Gasteiger partial charge in [0.1, 0.15) is 11.9 Å². The summed E-state index contributed by atoms with van der Waals surface area (Å²) < 4.78 is 59.0. The van der Waals surface area contributed by atoms with Gasteiger partial charge in [0, 0.05) is 11.3 Å². The molecule has 0 unspecified atom stereocenters. The normalized spacial score (nSPS) is 12.5. The van der Waals surface area contributed by atoms with E-state index in [4.69, 9.17) is 16.0 Å².